The van der Waals surface area contributed by atoms with Crippen LogP contribution in [0.1, 0.15) is 73.9 Å². The van der Waals surface area contributed by atoms with E-state index in [1.807, 2.05) is 24.8 Å². The van der Waals surface area contributed by atoms with Crippen LogP contribution in [-0.2, 0) is 5.41 Å². The van der Waals surface area contributed by atoms with E-state index in [9.17, 15) is 4.79 Å². The van der Waals surface area contributed by atoms with Crippen LogP contribution in [0.4, 0.5) is 5.82 Å². The van der Waals surface area contributed by atoms with Crippen LogP contribution >= 0.6 is 0 Å². The summed E-state index contributed by atoms with van der Waals surface area (Å²) in [6.45, 7) is 17.4. The van der Waals surface area contributed by atoms with Gasteiger partial charge in [-0.05, 0) is 19.9 Å². The molecule has 0 radical (unpaired) electrons. The molecule has 0 atom stereocenters. The molecule has 152 valence electrons. The fourth-order valence-electron chi connectivity index (χ4n) is 3.41. The van der Waals surface area contributed by atoms with Crippen molar-refractivity contribution in [3.8, 4) is 0 Å². The van der Waals surface area contributed by atoms with Gasteiger partial charge >= 0.3 is 0 Å². The molecule has 2 aromatic heterocycles. The van der Waals surface area contributed by atoms with Crippen molar-refractivity contribution in [1.82, 2.24) is 14.9 Å². The molecule has 0 aliphatic carbocycles. The average molecular weight is 385 g/mol. The third-order valence-corrected chi connectivity index (χ3v) is 5.18. The number of hydrogen-bond donors (Lipinski definition) is 0. The maximum absolute atomic E-state index is 12.8. The Morgan fingerprint density at radius 1 is 1.07 bits per heavy atom. The fourth-order valence-corrected chi connectivity index (χ4v) is 3.41. The summed E-state index contributed by atoms with van der Waals surface area (Å²) in [7, 11) is 0. The number of anilines is 1. The molecule has 0 spiro atoms. The lowest BCUT2D eigenvalue weighted by Crippen LogP contribution is -2.49. The molecule has 3 heterocycles. The highest BCUT2D eigenvalue weighted by Crippen LogP contribution is 2.27. The Morgan fingerprint density at radius 2 is 1.71 bits per heavy atom. The van der Waals surface area contributed by atoms with Crippen LogP contribution in [0.2, 0.25) is 0 Å². The van der Waals surface area contributed by atoms with Gasteiger partial charge < -0.3 is 14.2 Å². The summed E-state index contributed by atoms with van der Waals surface area (Å²) in [6.07, 6.45) is 0. The number of rotatable bonds is 3. The molecule has 1 fully saturated rings. The fraction of sp³-hybridized carbons (Fsp3) is 0.591. The number of piperazine rings is 1. The molecule has 0 bridgehead atoms. The second kappa shape index (κ2) is 7.57. The topological polar surface area (TPSA) is 62.5 Å². The number of aromatic nitrogens is 2. The van der Waals surface area contributed by atoms with Gasteiger partial charge in [0, 0.05) is 43.6 Å². The lowest BCUT2D eigenvalue weighted by atomic mass is 9.91. The minimum absolute atomic E-state index is 0.0320. The first kappa shape index (κ1) is 20.4. The van der Waals surface area contributed by atoms with Crippen LogP contribution in [0.25, 0.3) is 0 Å². The van der Waals surface area contributed by atoms with Crippen LogP contribution in [0.15, 0.2) is 16.5 Å². The summed E-state index contributed by atoms with van der Waals surface area (Å²) in [6, 6.07) is 3.94. The summed E-state index contributed by atoms with van der Waals surface area (Å²) in [5.74, 6) is 3.64. The lowest BCUT2D eigenvalue weighted by Gasteiger charge is -2.36. The number of amides is 1. The van der Waals surface area contributed by atoms with Gasteiger partial charge in [0.1, 0.15) is 23.2 Å². The minimum Gasteiger partial charge on any atom is -0.466 e. The Bertz CT molecular complexity index is 856. The summed E-state index contributed by atoms with van der Waals surface area (Å²) in [5.41, 5.74) is 1.70. The third-order valence-electron chi connectivity index (χ3n) is 5.18. The van der Waals surface area contributed by atoms with Gasteiger partial charge in [-0.1, -0.05) is 34.6 Å². The number of carbonyl (C=O) groups excluding carboxylic acids is 1. The van der Waals surface area contributed by atoms with Crippen molar-refractivity contribution in [1.29, 1.82) is 0 Å². The highest BCUT2D eigenvalue weighted by Gasteiger charge is 2.27. The number of nitrogens with zero attached hydrogens (tertiary/aromatic N) is 4. The standard InChI is InChI=1S/C22H32N4O2/c1-14(2)20-23-18(22(5,6)7)13-19(24-20)25-8-10-26(11-9-25)21(27)17-12-15(3)28-16(17)4/h12-14H,8-11H2,1-7H3. The van der Waals surface area contributed by atoms with E-state index in [4.69, 9.17) is 14.4 Å². The highest BCUT2D eigenvalue weighted by molar-refractivity contribution is 5.95. The van der Waals surface area contributed by atoms with E-state index in [1.54, 1.807) is 0 Å². The number of aryl methyl sites for hydroxylation is 2. The van der Waals surface area contributed by atoms with E-state index in [2.05, 4.69) is 45.6 Å². The van der Waals surface area contributed by atoms with E-state index in [-0.39, 0.29) is 17.2 Å². The van der Waals surface area contributed by atoms with Crippen molar-refractivity contribution in [2.45, 2.75) is 59.8 Å². The molecule has 0 saturated carbocycles. The van der Waals surface area contributed by atoms with Crippen LogP contribution in [-0.4, -0.2) is 47.0 Å². The molecule has 1 aliphatic rings. The van der Waals surface area contributed by atoms with Gasteiger partial charge in [-0.25, -0.2) is 9.97 Å². The van der Waals surface area contributed by atoms with Crippen LogP contribution in [0.3, 0.4) is 0 Å². The predicted molar refractivity (Wildman–Crippen MR) is 111 cm³/mol. The predicted octanol–water partition coefficient (Wildman–Crippen LogP) is 4.07. The maximum Gasteiger partial charge on any atom is 0.257 e. The molecule has 0 unspecified atom stereocenters. The molecular weight excluding hydrogens is 352 g/mol. The Kier molecular flexibility index (Phi) is 5.50. The molecule has 3 rings (SSSR count). The SMILES string of the molecule is Cc1cc(C(=O)N2CCN(c3cc(C(C)(C)C)nc(C(C)C)n3)CC2)c(C)o1. The highest BCUT2D eigenvalue weighted by atomic mass is 16.3. The zero-order valence-electron chi connectivity index (χ0n) is 18.2. The zero-order chi connectivity index (χ0) is 20.6. The van der Waals surface area contributed by atoms with E-state index < -0.39 is 0 Å². The van der Waals surface area contributed by atoms with Crippen LogP contribution < -0.4 is 4.90 Å². The monoisotopic (exact) mass is 384 g/mol. The molecule has 2 aromatic rings. The normalized spacial score (nSPS) is 15.4. The van der Waals surface area contributed by atoms with Crippen molar-refractivity contribution in [3.05, 3.63) is 40.7 Å². The van der Waals surface area contributed by atoms with Crippen LogP contribution in [0, 0.1) is 13.8 Å². The summed E-state index contributed by atoms with van der Waals surface area (Å²) in [5, 5.41) is 0. The average Bonchev–Trinajstić information content (AvgIpc) is 2.98. The Balaban J connectivity index is 1.77. The molecule has 6 heteroatoms. The van der Waals surface area contributed by atoms with E-state index >= 15 is 0 Å². The largest absolute Gasteiger partial charge is 0.466 e. The number of carbonyl (C=O) groups is 1. The summed E-state index contributed by atoms with van der Waals surface area (Å²) >= 11 is 0. The molecule has 0 N–H and O–H groups in total. The Hall–Kier alpha value is -2.37. The molecule has 28 heavy (non-hydrogen) atoms. The third kappa shape index (κ3) is 4.21. The van der Waals surface area contributed by atoms with Crippen molar-refractivity contribution in [3.63, 3.8) is 0 Å². The van der Waals surface area contributed by atoms with Gasteiger partial charge in [-0.2, -0.15) is 0 Å². The van der Waals surface area contributed by atoms with Gasteiger partial charge in [0.2, 0.25) is 0 Å². The van der Waals surface area contributed by atoms with Crippen molar-refractivity contribution >= 4 is 11.7 Å². The zero-order valence-corrected chi connectivity index (χ0v) is 18.2. The molecule has 1 aliphatic heterocycles. The van der Waals surface area contributed by atoms with Crippen molar-refractivity contribution in [2.75, 3.05) is 31.1 Å². The van der Waals surface area contributed by atoms with Gasteiger partial charge in [0.15, 0.2) is 0 Å². The van der Waals surface area contributed by atoms with Crippen molar-refractivity contribution in [2.24, 2.45) is 0 Å². The van der Waals surface area contributed by atoms with Gasteiger partial charge in [-0.3, -0.25) is 4.79 Å². The van der Waals surface area contributed by atoms with Crippen molar-refractivity contribution < 1.29 is 9.21 Å². The Labute approximate surface area is 168 Å². The smallest absolute Gasteiger partial charge is 0.257 e. The Morgan fingerprint density at radius 3 is 2.21 bits per heavy atom. The first-order chi connectivity index (χ1) is 13.1. The minimum atomic E-state index is -0.0320. The lowest BCUT2D eigenvalue weighted by molar-refractivity contribution is 0.0744. The van der Waals surface area contributed by atoms with Gasteiger partial charge in [0.05, 0.1) is 11.3 Å². The van der Waals surface area contributed by atoms with E-state index in [1.165, 1.54) is 0 Å². The quantitative estimate of drug-likeness (QED) is 0.798. The van der Waals surface area contributed by atoms with E-state index in [0.29, 0.717) is 24.4 Å². The first-order valence-corrected chi connectivity index (χ1v) is 10.1. The van der Waals surface area contributed by atoms with Gasteiger partial charge in [0.25, 0.3) is 5.91 Å². The molecule has 1 saturated heterocycles. The number of furan rings is 1. The maximum atomic E-state index is 12.8. The first-order valence-electron chi connectivity index (χ1n) is 10.1. The van der Waals surface area contributed by atoms with Gasteiger partial charge in [-0.15, -0.1) is 0 Å². The van der Waals surface area contributed by atoms with Crippen LogP contribution in [0.5, 0.6) is 0 Å². The summed E-state index contributed by atoms with van der Waals surface area (Å²) < 4.78 is 5.52. The molecule has 1 amide bonds. The van der Waals surface area contributed by atoms with E-state index in [0.717, 1.165) is 36.2 Å². The molecule has 6 nitrogen and oxygen atoms in total. The summed E-state index contributed by atoms with van der Waals surface area (Å²) in [4.78, 5) is 26.6. The second-order valence-electron chi connectivity index (χ2n) is 8.98. The molecule has 0 aromatic carbocycles. The number of hydrogen-bond acceptors (Lipinski definition) is 5. The molecular formula is C22H32N4O2. The second-order valence-corrected chi connectivity index (χ2v) is 8.98.